The van der Waals surface area contributed by atoms with Gasteiger partial charge in [-0.25, -0.2) is 0 Å². The van der Waals surface area contributed by atoms with E-state index in [1.165, 1.54) is 12.1 Å². The summed E-state index contributed by atoms with van der Waals surface area (Å²) < 4.78 is 127. The Balaban J connectivity index is 1.83. The molecule has 3 rings (SSSR count). The zero-order valence-electron chi connectivity index (χ0n) is 18.1. The van der Waals surface area contributed by atoms with E-state index < -0.39 is 55.3 Å². The summed E-state index contributed by atoms with van der Waals surface area (Å²) in [4.78, 5) is 15.1. The second-order valence-corrected chi connectivity index (χ2v) is 8.03. The fourth-order valence-corrected chi connectivity index (χ4v) is 3.89. The van der Waals surface area contributed by atoms with Gasteiger partial charge in [0.25, 0.3) is 6.10 Å². The molecule has 1 aromatic carbocycles. The maximum atomic E-state index is 13.8. The Bertz CT molecular complexity index is 869. The van der Waals surface area contributed by atoms with Gasteiger partial charge in [0.05, 0.1) is 18.8 Å². The number of benzene rings is 1. The molecule has 2 heterocycles. The van der Waals surface area contributed by atoms with Gasteiger partial charge in [-0.2, -0.15) is 39.5 Å². The van der Waals surface area contributed by atoms with Crippen molar-refractivity contribution in [1.29, 1.82) is 0 Å². The van der Waals surface area contributed by atoms with Gasteiger partial charge < -0.3 is 19.7 Å². The van der Waals surface area contributed by atoms with Crippen molar-refractivity contribution in [3.8, 4) is 0 Å². The second kappa shape index (κ2) is 10.4. The number of hydrogen-bond donors (Lipinski definition) is 1. The van der Waals surface area contributed by atoms with Crippen LogP contribution in [0, 0.1) is 0 Å². The number of piperazine rings is 1. The van der Waals surface area contributed by atoms with Crippen molar-refractivity contribution in [2.45, 2.75) is 37.2 Å². The van der Waals surface area contributed by atoms with Gasteiger partial charge in [0.2, 0.25) is 0 Å². The number of halogens is 9. The number of hydrogen-bond acceptors (Lipinski definition) is 6. The summed E-state index contributed by atoms with van der Waals surface area (Å²) in [6.07, 6.45) is -20.9. The molecule has 2 aliphatic rings. The molecule has 0 amide bonds. The van der Waals surface area contributed by atoms with E-state index in [0.29, 0.717) is 32.0 Å². The summed E-state index contributed by atoms with van der Waals surface area (Å²) >= 11 is 0. The number of morpholine rings is 1. The minimum Gasteiger partial charge on any atom is -0.442 e. The van der Waals surface area contributed by atoms with Crippen molar-refractivity contribution in [3.63, 3.8) is 0 Å². The summed E-state index contributed by atoms with van der Waals surface area (Å²) in [6.45, 7) is 0.541. The first-order chi connectivity index (χ1) is 16.2. The number of esters is 1. The Morgan fingerprint density at radius 3 is 2.23 bits per heavy atom. The summed E-state index contributed by atoms with van der Waals surface area (Å²) in [5.41, 5.74) is -1.01. The lowest BCUT2D eigenvalue weighted by molar-refractivity contribution is -0.314. The Hall–Kier alpha value is -2.26. The number of anilines is 1. The number of nitrogens with one attached hydrogen (secondary N) is 1. The fraction of sp³-hybridized carbons (Fsp3) is 0.650. The number of rotatable bonds is 5. The summed E-state index contributed by atoms with van der Waals surface area (Å²) in [5.74, 6) is -1.84. The van der Waals surface area contributed by atoms with Crippen LogP contribution in [0.15, 0.2) is 18.2 Å². The van der Waals surface area contributed by atoms with Crippen LogP contribution >= 0.6 is 0 Å². The highest BCUT2D eigenvalue weighted by Crippen LogP contribution is 2.37. The third-order valence-corrected chi connectivity index (χ3v) is 5.60. The van der Waals surface area contributed by atoms with Crippen molar-refractivity contribution >= 4 is 11.7 Å². The molecule has 2 saturated heterocycles. The minimum atomic E-state index is -5.90. The lowest BCUT2D eigenvalue weighted by atomic mass is 10.0. The zero-order chi connectivity index (χ0) is 26.0. The molecule has 0 radical (unpaired) electrons. The highest BCUT2D eigenvalue weighted by molar-refractivity contribution is 5.76. The molecule has 198 valence electrons. The highest BCUT2D eigenvalue weighted by Gasteiger charge is 2.60. The third kappa shape index (κ3) is 6.91. The lowest BCUT2D eigenvalue weighted by Gasteiger charge is -2.36. The summed E-state index contributed by atoms with van der Waals surface area (Å²) in [5, 5.41) is 2.63. The predicted octanol–water partition coefficient (Wildman–Crippen LogP) is 3.35. The number of carbonyl (C=O) groups is 1. The Labute approximate surface area is 193 Å². The molecule has 2 fully saturated rings. The van der Waals surface area contributed by atoms with Crippen LogP contribution in [-0.2, 0) is 27.0 Å². The smallest absolute Gasteiger partial charge is 0.434 e. The van der Waals surface area contributed by atoms with E-state index in [9.17, 15) is 44.3 Å². The van der Waals surface area contributed by atoms with E-state index in [4.69, 9.17) is 4.74 Å². The molecule has 1 atom stereocenters. The van der Waals surface area contributed by atoms with Crippen LogP contribution in [0.25, 0.3) is 0 Å². The molecule has 1 N–H and O–H groups in total. The van der Waals surface area contributed by atoms with Gasteiger partial charge in [0.1, 0.15) is 6.04 Å². The van der Waals surface area contributed by atoms with Crippen LogP contribution in [0.1, 0.15) is 11.1 Å². The van der Waals surface area contributed by atoms with E-state index >= 15 is 0 Å². The monoisotopic (exact) mass is 523 g/mol. The summed E-state index contributed by atoms with van der Waals surface area (Å²) in [7, 11) is 0. The molecule has 0 spiro atoms. The maximum Gasteiger partial charge on any atom is 0.434 e. The second-order valence-electron chi connectivity index (χ2n) is 8.03. The van der Waals surface area contributed by atoms with Gasteiger partial charge in [-0.05, 0) is 17.7 Å². The average molecular weight is 523 g/mol. The van der Waals surface area contributed by atoms with Gasteiger partial charge in [0, 0.05) is 45.0 Å². The molecule has 35 heavy (non-hydrogen) atoms. The van der Waals surface area contributed by atoms with E-state index in [-0.39, 0.29) is 18.7 Å². The molecule has 0 aliphatic carbocycles. The first-order valence-electron chi connectivity index (χ1n) is 10.5. The van der Waals surface area contributed by atoms with E-state index in [0.717, 1.165) is 11.0 Å². The standard InChI is InChI=1S/C20H22F9N3O3/c21-18(22,23)14-9-13(31-5-7-34-8-6-31)2-1-12(14)11-32-4-3-30-10-15(32)16(33)35-17(19(24,25)26)20(27,28)29/h1-2,9,15,17,30H,3-8,10-11H2. The van der Waals surface area contributed by atoms with Crippen LogP contribution in [-0.4, -0.2) is 81.3 Å². The number of alkyl halides is 9. The van der Waals surface area contributed by atoms with Crippen LogP contribution in [0.4, 0.5) is 45.2 Å². The van der Waals surface area contributed by atoms with Crippen molar-refractivity contribution in [1.82, 2.24) is 10.2 Å². The van der Waals surface area contributed by atoms with E-state index in [2.05, 4.69) is 10.1 Å². The molecule has 0 saturated carbocycles. The van der Waals surface area contributed by atoms with Crippen LogP contribution < -0.4 is 10.2 Å². The largest absolute Gasteiger partial charge is 0.442 e. The van der Waals surface area contributed by atoms with Crippen molar-refractivity contribution in [2.24, 2.45) is 0 Å². The third-order valence-electron chi connectivity index (χ3n) is 5.60. The molecular formula is C20H22F9N3O3. The molecule has 1 aromatic rings. The van der Waals surface area contributed by atoms with Crippen molar-refractivity contribution in [2.75, 3.05) is 50.8 Å². The summed E-state index contributed by atoms with van der Waals surface area (Å²) in [6, 6.07) is 1.90. The van der Waals surface area contributed by atoms with E-state index in [1.54, 1.807) is 4.90 Å². The number of ether oxygens (including phenoxy) is 2. The first kappa shape index (κ1) is 27.3. The Morgan fingerprint density at radius 2 is 1.66 bits per heavy atom. The molecule has 2 aliphatic heterocycles. The molecule has 1 unspecified atom stereocenters. The van der Waals surface area contributed by atoms with Gasteiger partial charge in [-0.1, -0.05) is 6.07 Å². The van der Waals surface area contributed by atoms with Gasteiger partial charge in [0.15, 0.2) is 0 Å². The van der Waals surface area contributed by atoms with E-state index in [1.807, 2.05) is 0 Å². The molecule has 6 nitrogen and oxygen atoms in total. The predicted molar refractivity (Wildman–Crippen MR) is 104 cm³/mol. The molecule has 0 bridgehead atoms. The topological polar surface area (TPSA) is 54.0 Å². The normalized spacial score (nSPS) is 20.9. The van der Waals surface area contributed by atoms with Gasteiger partial charge in [-0.3, -0.25) is 9.69 Å². The quantitative estimate of drug-likeness (QED) is 0.472. The van der Waals surface area contributed by atoms with Crippen LogP contribution in [0.2, 0.25) is 0 Å². The van der Waals surface area contributed by atoms with Crippen LogP contribution in [0.5, 0.6) is 0 Å². The number of nitrogens with zero attached hydrogens (tertiary/aromatic N) is 2. The maximum absolute atomic E-state index is 13.8. The van der Waals surface area contributed by atoms with Crippen molar-refractivity contribution < 1.29 is 53.8 Å². The molecule has 0 aromatic heterocycles. The Kier molecular flexibility index (Phi) is 8.11. The SMILES string of the molecule is O=C(OC(C(F)(F)F)C(F)(F)F)C1CNCCN1Cc1ccc(N2CCOCC2)cc1C(F)(F)F. The molecular weight excluding hydrogens is 501 g/mol. The first-order valence-corrected chi connectivity index (χ1v) is 10.5. The fourth-order valence-electron chi connectivity index (χ4n) is 3.89. The minimum absolute atomic E-state index is 0.106. The lowest BCUT2D eigenvalue weighted by Crippen LogP contribution is -2.57. The zero-order valence-corrected chi connectivity index (χ0v) is 18.1. The molecule has 15 heteroatoms. The average Bonchev–Trinajstić information content (AvgIpc) is 2.76. The highest BCUT2D eigenvalue weighted by atomic mass is 19.4. The Morgan fingerprint density at radius 1 is 1.03 bits per heavy atom. The van der Waals surface area contributed by atoms with Crippen molar-refractivity contribution in [3.05, 3.63) is 29.3 Å². The van der Waals surface area contributed by atoms with Crippen LogP contribution in [0.3, 0.4) is 0 Å². The number of carbonyl (C=O) groups excluding carboxylic acids is 1. The van der Waals surface area contributed by atoms with Gasteiger partial charge >= 0.3 is 24.5 Å². The van der Waals surface area contributed by atoms with Gasteiger partial charge in [-0.15, -0.1) is 0 Å².